The summed E-state index contributed by atoms with van der Waals surface area (Å²) in [4.78, 5) is 10.9. The highest BCUT2D eigenvalue weighted by Crippen LogP contribution is 2.63. The summed E-state index contributed by atoms with van der Waals surface area (Å²) in [6.45, 7) is 8.03. The van der Waals surface area contributed by atoms with Gasteiger partial charge in [-0.2, -0.15) is 0 Å². The molecular weight excluding hydrogens is 112 g/mol. The molecule has 1 aliphatic rings. The summed E-state index contributed by atoms with van der Waals surface area (Å²) in [6, 6.07) is 0. The van der Waals surface area contributed by atoms with E-state index in [-0.39, 0.29) is 10.8 Å². The molecule has 1 heteroatoms. The Kier molecular flexibility index (Phi) is 1.05. The van der Waals surface area contributed by atoms with Gasteiger partial charge in [0.15, 0.2) is 0 Å². The summed E-state index contributed by atoms with van der Waals surface area (Å²) in [5.74, 6) is 0.340. The molecule has 0 aromatic rings. The standard InChI is InChI=1S/C8H14O/c1-6(9)8(4)5-7(8,2)3/h5H2,1-4H3. The molecule has 0 heterocycles. The van der Waals surface area contributed by atoms with Crippen molar-refractivity contribution < 1.29 is 4.79 Å². The fraction of sp³-hybridized carbons (Fsp3) is 0.875. The Labute approximate surface area is 56.4 Å². The zero-order valence-electron chi connectivity index (χ0n) is 6.62. The van der Waals surface area contributed by atoms with Crippen LogP contribution in [0.2, 0.25) is 0 Å². The van der Waals surface area contributed by atoms with E-state index in [4.69, 9.17) is 0 Å². The molecule has 1 saturated carbocycles. The van der Waals surface area contributed by atoms with E-state index in [1.165, 1.54) is 0 Å². The van der Waals surface area contributed by atoms with Gasteiger partial charge in [-0.15, -0.1) is 0 Å². The molecule has 1 fully saturated rings. The second kappa shape index (κ2) is 1.39. The minimum Gasteiger partial charge on any atom is -0.299 e. The Balaban J connectivity index is 2.74. The Morgan fingerprint density at radius 3 is 1.67 bits per heavy atom. The first-order valence-electron chi connectivity index (χ1n) is 3.41. The van der Waals surface area contributed by atoms with Crippen LogP contribution in [0.25, 0.3) is 0 Å². The topological polar surface area (TPSA) is 17.1 Å². The summed E-state index contributed by atoms with van der Waals surface area (Å²) in [6.07, 6.45) is 1.06. The van der Waals surface area contributed by atoms with Crippen LogP contribution in [0.5, 0.6) is 0 Å². The Morgan fingerprint density at radius 1 is 1.33 bits per heavy atom. The monoisotopic (exact) mass is 126 g/mol. The zero-order valence-corrected chi connectivity index (χ0v) is 6.62. The Bertz CT molecular complexity index is 158. The highest BCUT2D eigenvalue weighted by molar-refractivity contribution is 5.86. The third kappa shape index (κ3) is 0.707. The van der Waals surface area contributed by atoms with Crippen molar-refractivity contribution in [3.8, 4) is 0 Å². The van der Waals surface area contributed by atoms with E-state index in [2.05, 4.69) is 20.8 Å². The number of Topliss-reactive ketones (excluding diaryl/α,β-unsaturated/α-hetero) is 1. The van der Waals surface area contributed by atoms with Gasteiger partial charge in [-0.3, -0.25) is 4.79 Å². The van der Waals surface area contributed by atoms with Crippen molar-refractivity contribution in [2.45, 2.75) is 34.1 Å². The van der Waals surface area contributed by atoms with Gasteiger partial charge in [-0.1, -0.05) is 20.8 Å². The van der Waals surface area contributed by atoms with Gasteiger partial charge in [0.1, 0.15) is 5.78 Å². The number of ketones is 1. The van der Waals surface area contributed by atoms with Crippen LogP contribution in [0.3, 0.4) is 0 Å². The number of rotatable bonds is 1. The largest absolute Gasteiger partial charge is 0.299 e. The van der Waals surface area contributed by atoms with Gasteiger partial charge in [0.05, 0.1) is 0 Å². The maximum atomic E-state index is 10.9. The molecule has 0 bridgehead atoms. The average Bonchev–Trinajstić information content (AvgIpc) is 2.08. The average molecular weight is 126 g/mol. The summed E-state index contributed by atoms with van der Waals surface area (Å²) < 4.78 is 0. The van der Waals surface area contributed by atoms with Crippen LogP contribution in [0.15, 0.2) is 0 Å². The molecule has 1 nitrogen and oxygen atoms in total. The van der Waals surface area contributed by atoms with Gasteiger partial charge < -0.3 is 0 Å². The SMILES string of the molecule is CC(=O)C1(C)CC1(C)C. The fourth-order valence-corrected chi connectivity index (χ4v) is 1.44. The van der Waals surface area contributed by atoms with E-state index in [0.717, 1.165) is 6.42 Å². The predicted octanol–water partition coefficient (Wildman–Crippen LogP) is 2.01. The molecule has 0 amide bonds. The highest BCUT2D eigenvalue weighted by Gasteiger charge is 2.60. The van der Waals surface area contributed by atoms with Gasteiger partial charge in [-0.05, 0) is 18.8 Å². The van der Waals surface area contributed by atoms with Crippen LogP contribution in [0.4, 0.5) is 0 Å². The minimum absolute atomic E-state index is 0.00694. The molecule has 0 aliphatic heterocycles. The van der Waals surface area contributed by atoms with E-state index in [0.29, 0.717) is 5.78 Å². The Morgan fingerprint density at radius 2 is 1.67 bits per heavy atom. The van der Waals surface area contributed by atoms with Crippen LogP contribution in [0.1, 0.15) is 34.1 Å². The molecule has 0 saturated heterocycles. The van der Waals surface area contributed by atoms with Crippen LogP contribution in [-0.2, 0) is 4.79 Å². The van der Waals surface area contributed by atoms with Gasteiger partial charge >= 0.3 is 0 Å². The molecule has 0 spiro atoms. The van der Waals surface area contributed by atoms with Crippen molar-refractivity contribution in [3.05, 3.63) is 0 Å². The summed E-state index contributed by atoms with van der Waals surface area (Å²) in [5, 5.41) is 0. The maximum absolute atomic E-state index is 10.9. The molecule has 1 aliphatic carbocycles. The van der Waals surface area contributed by atoms with Crippen molar-refractivity contribution in [2.75, 3.05) is 0 Å². The molecule has 1 unspecified atom stereocenters. The van der Waals surface area contributed by atoms with Crippen molar-refractivity contribution in [3.63, 3.8) is 0 Å². The van der Waals surface area contributed by atoms with E-state index < -0.39 is 0 Å². The summed E-state index contributed by atoms with van der Waals surface area (Å²) in [7, 11) is 0. The molecule has 52 valence electrons. The second-order valence-corrected chi connectivity index (χ2v) is 3.95. The molecule has 0 N–H and O–H groups in total. The fourth-order valence-electron chi connectivity index (χ4n) is 1.44. The first-order valence-corrected chi connectivity index (χ1v) is 3.41. The van der Waals surface area contributed by atoms with E-state index in [9.17, 15) is 4.79 Å². The first kappa shape index (κ1) is 6.79. The first-order chi connectivity index (χ1) is 3.90. The van der Waals surface area contributed by atoms with Crippen molar-refractivity contribution >= 4 is 5.78 Å². The van der Waals surface area contributed by atoms with Crippen LogP contribution in [0, 0.1) is 10.8 Å². The quantitative estimate of drug-likeness (QED) is 0.525. The Hall–Kier alpha value is -0.330. The number of carbonyl (C=O) groups is 1. The van der Waals surface area contributed by atoms with Gasteiger partial charge in [0.2, 0.25) is 0 Å². The van der Waals surface area contributed by atoms with Gasteiger partial charge in [0.25, 0.3) is 0 Å². The predicted molar refractivity (Wildman–Crippen MR) is 37.2 cm³/mol. The lowest BCUT2D eigenvalue weighted by molar-refractivity contribution is -0.122. The summed E-state index contributed by atoms with van der Waals surface area (Å²) in [5.41, 5.74) is 0.284. The third-order valence-electron chi connectivity index (χ3n) is 2.94. The van der Waals surface area contributed by atoms with Crippen molar-refractivity contribution in [1.29, 1.82) is 0 Å². The molecule has 1 atom stereocenters. The van der Waals surface area contributed by atoms with Gasteiger partial charge in [0, 0.05) is 5.41 Å². The molecular formula is C8H14O. The molecule has 0 aromatic carbocycles. The van der Waals surface area contributed by atoms with Crippen molar-refractivity contribution in [1.82, 2.24) is 0 Å². The van der Waals surface area contributed by atoms with Crippen LogP contribution in [-0.4, -0.2) is 5.78 Å². The lowest BCUT2D eigenvalue weighted by Crippen LogP contribution is -2.13. The lowest BCUT2D eigenvalue weighted by Gasteiger charge is -2.08. The number of hydrogen-bond donors (Lipinski definition) is 0. The van der Waals surface area contributed by atoms with E-state index >= 15 is 0 Å². The third-order valence-corrected chi connectivity index (χ3v) is 2.94. The van der Waals surface area contributed by atoms with E-state index in [1.54, 1.807) is 6.92 Å². The van der Waals surface area contributed by atoms with Crippen LogP contribution < -0.4 is 0 Å². The second-order valence-electron chi connectivity index (χ2n) is 3.95. The minimum atomic E-state index is 0.00694. The van der Waals surface area contributed by atoms with Crippen LogP contribution >= 0.6 is 0 Å². The molecule has 9 heavy (non-hydrogen) atoms. The van der Waals surface area contributed by atoms with Gasteiger partial charge in [-0.25, -0.2) is 0 Å². The van der Waals surface area contributed by atoms with E-state index in [1.807, 2.05) is 0 Å². The number of carbonyl (C=O) groups excluding carboxylic acids is 1. The number of hydrogen-bond acceptors (Lipinski definition) is 1. The zero-order chi connectivity index (χ0) is 7.28. The maximum Gasteiger partial charge on any atom is 0.136 e. The normalized spacial score (nSPS) is 38.2. The smallest absolute Gasteiger partial charge is 0.136 e. The molecule has 0 aromatic heterocycles. The summed E-state index contributed by atoms with van der Waals surface area (Å²) >= 11 is 0. The highest BCUT2D eigenvalue weighted by atomic mass is 16.1. The molecule has 0 radical (unpaired) electrons. The molecule has 1 rings (SSSR count). The lowest BCUT2D eigenvalue weighted by atomic mass is 9.95. The van der Waals surface area contributed by atoms with Crippen molar-refractivity contribution in [2.24, 2.45) is 10.8 Å².